The topological polar surface area (TPSA) is 48.9 Å². The van der Waals surface area contributed by atoms with Crippen LogP contribution in [-0.4, -0.2) is 45.4 Å². The van der Waals surface area contributed by atoms with Gasteiger partial charge in [0.25, 0.3) is 0 Å². The zero-order valence-electron chi connectivity index (χ0n) is 13.9. The van der Waals surface area contributed by atoms with Gasteiger partial charge in [-0.2, -0.15) is 0 Å². The molecule has 1 aromatic carbocycles. The number of nitrogens with zero attached hydrogens (tertiary/aromatic N) is 2. The number of anilines is 1. The summed E-state index contributed by atoms with van der Waals surface area (Å²) in [7, 11) is 1.80. The van der Waals surface area contributed by atoms with Gasteiger partial charge in [-0.15, -0.1) is 0 Å². The van der Waals surface area contributed by atoms with E-state index in [9.17, 15) is 0 Å². The summed E-state index contributed by atoms with van der Waals surface area (Å²) in [6.45, 7) is 8.69. The van der Waals surface area contributed by atoms with Gasteiger partial charge >= 0.3 is 0 Å². The van der Waals surface area contributed by atoms with Crippen LogP contribution >= 0.6 is 0 Å². The number of guanidine groups is 1. The van der Waals surface area contributed by atoms with E-state index in [0.29, 0.717) is 6.04 Å². The fraction of sp³-hybridized carbons (Fsp3) is 0.588. The lowest BCUT2D eigenvalue weighted by Crippen LogP contribution is -2.41. The summed E-state index contributed by atoms with van der Waals surface area (Å²) < 4.78 is 5.39. The van der Waals surface area contributed by atoms with Crippen molar-refractivity contribution >= 4 is 11.6 Å². The molecule has 0 amide bonds. The van der Waals surface area contributed by atoms with Crippen LogP contribution in [0.5, 0.6) is 0 Å². The molecule has 1 aliphatic heterocycles. The second-order valence-electron chi connectivity index (χ2n) is 5.65. The lowest BCUT2D eigenvalue weighted by atomic mass is 10.2. The molecule has 2 N–H and O–H groups in total. The van der Waals surface area contributed by atoms with Crippen molar-refractivity contribution in [2.24, 2.45) is 4.99 Å². The highest BCUT2D eigenvalue weighted by atomic mass is 16.5. The minimum atomic E-state index is 0.426. The molecule has 1 unspecified atom stereocenters. The highest BCUT2D eigenvalue weighted by molar-refractivity contribution is 5.79. The number of hydrogen-bond acceptors (Lipinski definition) is 3. The Labute approximate surface area is 133 Å². The number of aliphatic imine (C=N–C) groups is 1. The summed E-state index contributed by atoms with van der Waals surface area (Å²) in [5.41, 5.74) is 2.53. The first-order chi connectivity index (χ1) is 10.7. The van der Waals surface area contributed by atoms with Crippen LogP contribution in [0.25, 0.3) is 0 Å². The van der Waals surface area contributed by atoms with E-state index in [1.807, 2.05) is 0 Å². The maximum Gasteiger partial charge on any atom is 0.191 e. The van der Waals surface area contributed by atoms with Crippen molar-refractivity contribution in [3.8, 4) is 0 Å². The lowest BCUT2D eigenvalue weighted by Gasteiger charge is -2.29. The molecule has 0 aromatic heterocycles. The quantitative estimate of drug-likeness (QED) is 0.645. The molecule has 1 aliphatic rings. The highest BCUT2D eigenvalue weighted by Gasteiger charge is 2.10. The van der Waals surface area contributed by atoms with Crippen molar-refractivity contribution in [3.05, 3.63) is 29.8 Å². The maximum atomic E-state index is 5.39. The Kier molecular flexibility index (Phi) is 6.52. The Morgan fingerprint density at radius 1 is 1.27 bits per heavy atom. The number of nitrogens with one attached hydrogen (secondary N) is 2. The van der Waals surface area contributed by atoms with Gasteiger partial charge in [-0.1, -0.05) is 19.1 Å². The molecule has 122 valence electrons. The van der Waals surface area contributed by atoms with Crippen LogP contribution < -0.4 is 15.5 Å². The summed E-state index contributed by atoms with van der Waals surface area (Å²) in [6, 6.07) is 9.15. The molecule has 1 fully saturated rings. The molecular formula is C17H28N4O. The number of hydrogen-bond donors (Lipinski definition) is 2. The van der Waals surface area contributed by atoms with Crippen LogP contribution in [0.2, 0.25) is 0 Å². The molecule has 5 nitrogen and oxygen atoms in total. The average molecular weight is 304 g/mol. The molecule has 0 bridgehead atoms. The molecule has 1 heterocycles. The van der Waals surface area contributed by atoms with Crippen LogP contribution in [0.1, 0.15) is 25.8 Å². The summed E-state index contributed by atoms with van der Waals surface area (Å²) >= 11 is 0. The molecule has 1 saturated heterocycles. The third kappa shape index (κ3) is 4.91. The second-order valence-corrected chi connectivity index (χ2v) is 5.65. The molecule has 0 spiro atoms. The number of ether oxygens (including phenoxy) is 1. The molecule has 5 heteroatoms. The molecule has 0 saturated carbocycles. The van der Waals surface area contributed by atoms with Crippen molar-refractivity contribution in [2.45, 2.75) is 32.9 Å². The van der Waals surface area contributed by atoms with E-state index in [1.54, 1.807) is 7.05 Å². The monoisotopic (exact) mass is 304 g/mol. The van der Waals surface area contributed by atoms with Crippen LogP contribution in [0, 0.1) is 0 Å². The predicted molar refractivity (Wildman–Crippen MR) is 92.6 cm³/mol. The number of benzene rings is 1. The van der Waals surface area contributed by atoms with E-state index in [-0.39, 0.29) is 0 Å². The van der Waals surface area contributed by atoms with E-state index < -0.39 is 0 Å². The van der Waals surface area contributed by atoms with Gasteiger partial charge in [0.1, 0.15) is 0 Å². The Hall–Kier alpha value is -1.75. The van der Waals surface area contributed by atoms with Crippen molar-refractivity contribution in [2.75, 3.05) is 38.3 Å². The van der Waals surface area contributed by atoms with Gasteiger partial charge in [-0.3, -0.25) is 4.99 Å². The summed E-state index contributed by atoms with van der Waals surface area (Å²) in [5, 5.41) is 6.72. The van der Waals surface area contributed by atoms with E-state index in [0.717, 1.165) is 45.2 Å². The minimum Gasteiger partial charge on any atom is -0.378 e. The average Bonchev–Trinajstić information content (AvgIpc) is 2.59. The molecule has 0 aliphatic carbocycles. The first-order valence-corrected chi connectivity index (χ1v) is 8.11. The van der Waals surface area contributed by atoms with Gasteiger partial charge in [0, 0.05) is 38.4 Å². The van der Waals surface area contributed by atoms with Crippen LogP contribution in [-0.2, 0) is 11.3 Å². The van der Waals surface area contributed by atoms with Gasteiger partial charge in [0.15, 0.2) is 5.96 Å². The predicted octanol–water partition coefficient (Wildman–Crippen LogP) is 1.99. The SMILES string of the molecule is CCC(C)NC(=NC)NCc1ccc(N2CCOCC2)cc1. The van der Waals surface area contributed by atoms with Crippen molar-refractivity contribution < 1.29 is 4.74 Å². The van der Waals surface area contributed by atoms with Crippen LogP contribution in [0.4, 0.5) is 5.69 Å². The summed E-state index contributed by atoms with van der Waals surface area (Å²) in [5.74, 6) is 0.853. The van der Waals surface area contributed by atoms with Crippen molar-refractivity contribution in [1.82, 2.24) is 10.6 Å². The zero-order valence-corrected chi connectivity index (χ0v) is 13.9. The van der Waals surface area contributed by atoms with Gasteiger partial charge in [-0.05, 0) is 31.0 Å². The smallest absolute Gasteiger partial charge is 0.191 e. The van der Waals surface area contributed by atoms with E-state index in [4.69, 9.17) is 4.74 Å². The third-order valence-electron chi connectivity index (χ3n) is 3.99. The number of morpholine rings is 1. The molecule has 1 aromatic rings. The molecule has 2 rings (SSSR count). The van der Waals surface area contributed by atoms with Crippen molar-refractivity contribution in [1.29, 1.82) is 0 Å². The second kappa shape index (κ2) is 8.63. The Bertz CT molecular complexity index is 466. The van der Waals surface area contributed by atoms with Gasteiger partial charge < -0.3 is 20.3 Å². The maximum absolute atomic E-state index is 5.39. The standard InChI is InChI=1S/C17H28N4O/c1-4-14(2)20-17(18-3)19-13-15-5-7-16(8-6-15)21-9-11-22-12-10-21/h5-8,14H,4,9-13H2,1-3H3,(H2,18,19,20). The highest BCUT2D eigenvalue weighted by Crippen LogP contribution is 2.16. The van der Waals surface area contributed by atoms with Gasteiger partial charge in [-0.25, -0.2) is 0 Å². The normalized spacial score (nSPS) is 17.2. The Balaban J connectivity index is 1.85. The third-order valence-corrected chi connectivity index (χ3v) is 3.99. The first kappa shape index (κ1) is 16.6. The Morgan fingerprint density at radius 3 is 2.55 bits per heavy atom. The largest absolute Gasteiger partial charge is 0.378 e. The molecule has 0 radical (unpaired) electrons. The van der Waals surface area contributed by atoms with Crippen LogP contribution in [0.15, 0.2) is 29.3 Å². The fourth-order valence-electron chi connectivity index (χ4n) is 2.36. The molecule has 1 atom stereocenters. The summed E-state index contributed by atoms with van der Waals surface area (Å²) in [6.07, 6.45) is 1.08. The Morgan fingerprint density at radius 2 is 1.95 bits per heavy atom. The van der Waals surface area contributed by atoms with E-state index in [1.165, 1.54) is 11.3 Å². The lowest BCUT2D eigenvalue weighted by molar-refractivity contribution is 0.122. The fourth-order valence-corrected chi connectivity index (χ4v) is 2.36. The van der Waals surface area contributed by atoms with Gasteiger partial charge in [0.2, 0.25) is 0 Å². The van der Waals surface area contributed by atoms with E-state index in [2.05, 4.69) is 58.6 Å². The van der Waals surface area contributed by atoms with Crippen LogP contribution in [0.3, 0.4) is 0 Å². The van der Waals surface area contributed by atoms with E-state index >= 15 is 0 Å². The minimum absolute atomic E-state index is 0.426. The first-order valence-electron chi connectivity index (χ1n) is 8.11. The zero-order chi connectivity index (χ0) is 15.8. The van der Waals surface area contributed by atoms with Gasteiger partial charge in [0.05, 0.1) is 13.2 Å². The number of rotatable bonds is 5. The molecule has 22 heavy (non-hydrogen) atoms. The molecular weight excluding hydrogens is 276 g/mol. The van der Waals surface area contributed by atoms with Crippen molar-refractivity contribution in [3.63, 3.8) is 0 Å². The summed E-state index contributed by atoms with van der Waals surface area (Å²) in [4.78, 5) is 6.62.